The topological polar surface area (TPSA) is 3.24 Å². The number of hydrogen-bond acceptors (Lipinski definition) is 1. The summed E-state index contributed by atoms with van der Waals surface area (Å²) in [5.41, 5.74) is 0. The molecule has 1 nitrogen and oxygen atoms in total. The van der Waals surface area contributed by atoms with Crippen LogP contribution >= 0.6 is 0 Å². The van der Waals surface area contributed by atoms with E-state index in [-0.39, 0.29) is 0 Å². The molecule has 0 aromatic heterocycles. The SMILES string of the molecule is C=CCCCC[C@@H]1CCCN1C. The molecule has 0 aromatic carbocycles. The Morgan fingerprint density at radius 3 is 2.92 bits per heavy atom. The van der Waals surface area contributed by atoms with Gasteiger partial charge in [-0.25, -0.2) is 0 Å². The van der Waals surface area contributed by atoms with Gasteiger partial charge >= 0.3 is 0 Å². The Hall–Kier alpha value is -0.300. The minimum absolute atomic E-state index is 0.884. The van der Waals surface area contributed by atoms with E-state index in [1.165, 1.54) is 45.1 Å². The first-order valence-electron chi connectivity index (χ1n) is 5.15. The van der Waals surface area contributed by atoms with Crippen LogP contribution in [0.4, 0.5) is 0 Å². The Morgan fingerprint density at radius 1 is 1.50 bits per heavy atom. The Kier molecular flexibility index (Phi) is 4.37. The number of nitrogens with zero attached hydrogens (tertiary/aromatic N) is 1. The fraction of sp³-hybridized carbons (Fsp3) is 0.818. The smallest absolute Gasteiger partial charge is 0.00926 e. The predicted molar refractivity (Wildman–Crippen MR) is 54.3 cm³/mol. The summed E-state index contributed by atoms with van der Waals surface area (Å²) in [6.07, 6.45) is 10.1. The van der Waals surface area contributed by atoms with Gasteiger partial charge in [-0.2, -0.15) is 0 Å². The summed E-state index contributed by atoms with van der Waals surface area (Å²) in [5, 5.41) is 0. The average molecular weight is 167 g/mol. The van der Waals surface area contributed by atoms with E-state index >= 15 is 0 Å². The van der Waals surface area contributed by atoms with Gasteiger partial charge in [0.05, 0.1) is 0 Å². The number of unbranched alkanes of at least 4 members (excludes halogenated alkanes) is 2. The van der Waals surface area contributed by atoms with Gasteiger partial charge in [-0.15, -0.1) is 6.58 Å². The van der Waals surface area contributed by atoms with E-state index in [1.54, 1.807) is 0 Å². The molecular formula is C11H21N. The van der Waals surface area contributed by atoms with Crippen LogP contribution in [-0.2, 0) is 0 Å². The molecule has 1 atom stereocenters. The molecule has 0 radical (unpaired) electrons. The molecule has 1 fully saturated rings. The zero-order valence-corrected chi connectivity index (χ0v) is 8.26. The fourth-order valence-electron chi connectivity index (χ4n) is 2.01. The van der Waals surface area contributed by atoms with E-state index in [2.05, 4.69) is 18.5 Å². The first kappa shape index (κ1) is 9.79. The Balaban J connectivity index is 2.02. The van der Waals surface area contributed by atoms with E-state index in [4.69, 9.17) is 0 Å². The summed E-state index contributed by atoms with van der Waals surface area (Å²) in [7, 11) is 2.26. The molecule has 70 valence electrons. The zero-order valence-electron chi connectivity index (χ0n) is 8.26. The van der Waals surface area contributed by atoms with E-state index in [0.717, 1.165) is 6.04 Å². The van der Waals surface area contributed by atoms with E-state index < -0.39 is 0 Å². The van der Waals surface area contributed by atoms with Crippen LogP contribution in [0.25, 0.3) is 0 Å². The molecule has 0 bridgehead atoms. The highest BCUT2D eigenvalue weighted by molar-refractivity contribution is 4.76. The van der Waals surface area contributed by atoms with Crippen molar-refractivity contribution >= 4 is 0 Å². The summed E-state index contributed by atoms with van der Waals surface area (Å²) in [6, 6.07) is 0.884. The summed E-state index contributed by atoms with van der Waals surface area (Å²) in [5.74, 6) is 0. The van der Waals surface area contributed by atoms with Crippen molar-refractivity contribution in [2.75, 3.05) is 13.6 Å². The second kappa shape index (κ2) is 5.36. The lowest BCUT2D eigenvalue weighted by molar-refractivity contribution is 0.290. The molecular weight excluding hydrogens is 146 g/mol. The lowest BCUT2D eigenvalue weighted by Gasteiger charge is -2.18. The van der Waals surface area contributed by atoms with Gasteiger partial charge in [0, 0.05) is 6.04 Å². The Morgan fingerprint density at radius 2 is 2.33 bits per heavy atom. The van der Waals surface area contributed by atoms with Crippen LogP contribution in [0.1, 0.15) is 38.5 Å². The first-order valence-corrected chi connectivity index (χ1v) is 5.15. The highest BCUT2D eigenvalue weighted by atomic mass is 15.1. The third-order valence-electron chi connectivity index (χ3n) is 2.87. The Bertz CT molecular complexity index is 131. The first-order chi connectivity index (χ1) is 5.84. The number of hydrogen-bond donors (Lipinski definition) is 0. The minimum atomic E-state index is 0.884. The molecule has 1 heteroatoms. The molecule has 0 amide bonds. The quantitative estimate of drug-likeness (QED) is 0.449. The summed E-state index contributed by atoms with van der Waals surface area (Å²) in [6.45, 7) is 5.05. The third kappa shape index (κ3) is 2.98. The van der Waals surface area contributed by atoms with Crippen LogP contribution in [0.5, 0.6) is 0 Å². The van der Waals surface area contributed by atoms with Crippen molar-refractivity contribution in [1.29, 1.82) is 0 Å². The van der Waals surface area contributed by atoms with Gasteiger partial charge < -0.3 is 4.90 Å². The van der Waals surface area contributed by atoms with Crippen LogP contribution in [-0.4, -0.2) is 24.5 Å². The second-order valence-corrected chi connectivity index (χ2v) is 3.85. The van der Waals surface area contributed by atoms with Crippen LogP contribution in [0.3, 0.4) is 0 Å². The van der Waals surface area contributed by atoms with Crippen molar-refractivity contribution in [3.63, 3.8) is 0 Å². The predicted octanol–water partition coefficient (Wildman–Crippen LogP) is 2.83. The largest absolute Gasteiger partial charge is 0.303 e. The van der Waals surface area contributed by atoms with E-state index in [1.807, 2.05) is 6.08 Å². The van der Waals surface area contributed by atoms with Gasteiger partial charge in [0.25, 0.3) is 0 Å². The third-order valence-corrected chi connectivity index (χ3v) is 2.87. The molecule has 0 aromatic rings. The molecule has 1 rings (SSSR count). The fourth-order valence-corrected chi connectivity index (χ4v) is 2.01. The highest BCUT2D eigenvalue weighted by Crippen LogP contribution is 2.20. The maximum atomic E-state index is 3.73. The molecule has 1 heterocycles. The maximum absolute atomic E-state index is 3.73. The van der Waals surface area contributed by atoms with E-state index in [9.17, 15) is 0 Å². The average Bonchev–Trinajstić information content (AvgIpc) is 2.46. The lowest BCUT2D eigenvalue weighted by atomic mass is 10.1. The molecule has 1 aliphatic heterocycles. The van der Waals surface area contributed by atoms with Gasteiger partial charge in [0.2, 0.25) is 0 Å². The van der Waals surface area contributed by atoms with Crippen molar-refractivity contribution in [3.05, 3.63) is 12.7 Å². The number of allylic oxidation sites excluding steroid dienone is 1. The normalized spacial score (nSPS) is 24.6. The van der Waals surface area contributed by atoms with Gasteiger partial charge in [-0.3, -0.25) is 0 Å². The van der Waals surface area contributed by atoms with Gasteiger partial charge in [0.15, 0.2) is 0 Å². The van der Waals surface area contributed by atoms with Gasteiger partial charge in [0.1, 0.15) is 0 Å². The van der Waals surface area contributed by atoms with E-state index in [0.29, 0.717) is 0 Å². The van der Waals surface area contributed by atoms with Crippen LogP contribution in [0.2, 0.25) is 0 Å². The van der Waals surface area contributed by atoms with Gasteiger partial charge in [-0.05, 0) is 45.7 Å². The molecule has 1 aliphatic rings. The van der Waals surface area contributed by atoms with Crippen LogP contribution < -0.4 is 0 Å². The molecule has 0 spiro atoms. The maximum Gasteiger partial charge on any atom is 0.00926 e. The molecule has 1 saturated heterocycles. The van der Waals surface area contributed by atoms with Crippen LogP contribution in [0.15, 0.2) is 12.7 Å². The highest BCUT2D eigenvalue weighted by Gasteiger charge is 2.19. The van der Waals surface area contributed by atoms with Crippen molar-refractivity contribution in [1.82, 2.24) is 4.90 Å². The van der Waals surface area contributed by atoms with Crippen molar-refractivity contribution < 1.29 is 0 Å². The zero-order chi connectivity index (χ0) is 8.81. The molecule has 0 saturated carbocycles. The van der Waals surface area contributed by atoms with Crippen molar-refractivity contribution in [2.45, 2.75) is 44.6 Å². The Labute approximate surface area is 76.5 Å². The standard InChI is InChI=1S/C11H21N/c1-3-4-5-6-8-11-9-7-10-12(11)2/h3,11H,1,4-10H2,2H3/t11-/m1/s1. The molecule has 12 heavy (non-hydrogen) atoms. The van der Waals surface area contributed by atoms with Crippen molar-refractivity contribution in [2.24, 2.45) is 0 Å². The molecule has 0 aliphatic carbocycles. The molecule has 0 unspecified atom stereocenters. The summed E-state index contributed by atoms with van der Waals surface area (Å²) in [4.78, 5) is 2.51. The monoisotopic (exact) mass is 167 g/mol. The molecule has 0 N–H and O–H groups in total. The lowest BCUT2D eigenvalue weighted by Crippen LogP contribution is -2.24. The number of rotatable bonds is 5. The van der Waals surface area contributed by atoms with Crippen LogP contribution in [0, 0.1) is 0 Å². The number of likely N-dealkylation sites (tertiary alicyclic amines) is 1. The van der Waals surface area contributed by atoms with Crippen molar-refractivity contribution in [3.8, 4) is 0 Å². The summed E-state index contributed by atoms with van der Waals surface area (Å²) < 4.78 is 0. The minimum Gasteiger partial charge on any atom is -0.303 e. The second-order valence-electron chi connectivity index (χ2n) is 3.85. The summed E-state index contributed by atoms with van der Waals surface area (Å²) >= 11 is 0. The van der Waals surface area contributed by atoms with Gasteiger partial charge in [-0.1, -0.05) is 12.5 Å².